The van der Waals surface area contributed by atoms with Crippen LogP contribution in [-0.2, 0) is 9.84 Å². The number of aliphatic hydroxyl groups is 1. The first-order valence-electron chi connectivity index (χ1n) is 12.4. The Balaban J connectivity index is 1.49. The van der Waals surface area contributed by atoms with Crippen LogP contribution in [0.2, 0.25) is 0 Å². The number of benzene rings is 2. The predicted molar refractivity (Wildman–Crippen MR) is 134 cm³/mol. The van der Waals surface area contributed by atoms with E-state index in [1.807, 2.05) is 28.8 Å². The Morgan fingerprint density at radius 2 is 1.95 bits per heavy atom. The highest BCUT2D eigenvalue weighted by Crippen LogP contribution is 2.49. The second-order valence-electron chi connectivity index (χ2n) is 9.83. The molecule has 0 saturated carbocycles. The number of aliphatic hydroxyl groups excluding tert-OH is 1. The number of nitrogens with zero attached hydrogens (tertiary/aromatic N) is 4. The second-order valence-corrected chi connectivity index (χ2v) is 12.1. The third-order valence-corrected chi connectivity index (χ3v) is 9.73. The zero-order valence-electron chi connectivity index (χ0n) is 20.2. The minimum atomic E-state index is -3.72. The SMILES string of the molecule is O=C1N[C@@H]2C[C@H](c3c1ccc(OC(F)F)c3-c1ccnc(C3C(O)CCS3(=O)=O)n1)n1c2nc2ccccc21. The zero-order valence-corrected chi connectivity index (χ0v) is 21.0. The predicted octanol–water partition coefficient (Wildman–Crippen LogP) is 3.09. The van der Waals surface area contributed by atoms with E-state index in [-0.39, 0.29) is 40.6 Å². The van der Waals surface area contributed by atoms with E-state index in [1.54, 1.807) is 0 Å². The standard InChI is InChI=1S/C26H21F2N5O5S/c27-26(28)38-19-6-5-12-20(21(19)14-7-9-29-23(30-14)22-18(34)8-10-39(22,36)37)17-11-15(32-25(12)35)24-31-13-3-1-2-4-16(13)33(17)24/h1-7,9,15,17-18,22,26,34H,8,10-11H2,(H,32,35)/t15-,17-,18?,22?/m1/s1. The van der Waals surface area contributed by atoms with Crippen molar-refractivity contribution in [1.82, 2.24) is 24.8 Å². The summed E-state index contributed by atoms with van der Waals surface area (Å²) in [5.74, 6) is -0.326. The van der Waals surface area contributed by atoms with Gasteiger partial charge in [-0.15, -0.1) is 0 Å². The summed E-state index contributed by atoms with van der Waals surface area (Å²) in [4.78, 5) is 26.7. The normalized spacial score (nSPS) is 24.9. The van der Waals surface area contributed by atoms with Gasteiger partial charge in [0.05, 0.1) is 40.7 Å². The lowest BCUT2D eigenvalue weighted by atomic mass is 9.90. The number of aromatic nitrogens is 4. The smallest absolute Gasteiger partial charge is 0.387 e. The largest absolute Gasteiger partial charge is 0.434 e. The minimum Gasteiger partial charge on any atom is -0.434 e. The molecule has 7 rings (SSSR count). The molecule has 39 heavy (non-hydrogen) atoms. The van der Waals surface area contributed by atoms with Gasteiger partial charge >= 0.3 is 6.61 Å². The molecule has 2 aromatic heterocycles. The number of hydrogen-bond donors (Lipinski definition) is 2. The highest BCUT2D eigenvalue weighted by atomic mass is 32.2. The fraction of sp³-hybridized carbons (Fsp3) is 0.308. The van der Waals surface area contributed by atoms with Gasteiger partial charge in [0.1, 0.15) is 22.6 Å². The molecular weight excluding hydrogens is 532 g/mol. The van der Waals surface area contributed by atoms with E-state index in [4.69, 9.17) is 9.72 Å². The third-order valence-electron chi connectivity index (χ3n) is 7.63. The molecule has 2 unspecified atom stereocenters. The minimum absolute atomic E-state index is 0.0428. The molecule has 13 heteroatoms. The van der Waals surface area contributed by atoms with Crippen molar-refractivity contribution in [2.24, 2.45) is 0 Å². The van der Waals surface area contributed by atoms with Gasteiger partial charge in [-0.3, -0.25) is 4.79 Å². The number of ether oxygens (including phenoxy) is 1. The molecule has 2 aromatic carbocycles. The van der Waals surface area contributed by atoms with Crippen molar-refractivity contribution in [3.63, 3.8) is 0 Å². The maximum Gasteiger partial charge on any atom is 0.387 e. The average molecular weight is 554 g/mol. The van der Waals surface area contributed by atoms with Crippen LogP contribution in [0.25, 0.3) is 22.3 Å². The maximum absolute atomic E-state index is 13.6. The van der Waals surface area contributed by atoms with Gasteiger partial charge in [-0.2, -0.15) is 8.78 Å². The van der Waals surface area contributed by atoms with Crippen LogP contribution in [0.1, 0.15) is 57.7 Å². The number of fused-ring (bicyclic) bond motifs is 9. The van der Waals surface area contributed by atoms with Gasteiger partial charge in [0.2, 0.25) is 0 Å². The van der Waals surface area contributed by atoms with E-state index in [0.717, 1.165) is 11.0 Å². The Bertz CT molecular complexity index is 1780. The summed E-state index contributed by atoms with van der Waals surface area (Å²) in [6, 6.07) is 10.8. The van der Waals surface area contributed by atoms with Crippen LogP contribution in [0.4, 0.5) is 8.78 Å². The number of halogens is 2. The molecule has 1 fully saturated rings. The maximum atomic E-state index is 13.6. The number of rotatable bonds is 4. The summed E-state index contributed by atoms with van der Waals surface area (Å²) in [5, 5.41) is 12.1. The van der Waals surface area contributed by atoms with Crippen LogP contribution < -0.4 is 10.1 Å². The first-order valence-corrected chi connectivity index (χ1v) is 14.1. The van der Waals surface area contributed by atoms with Gasteiger partial charge in [0.25, 0.3) is 5.91 Å². The van der Waals surface area contributed by atoms with Gasteiger partial charge in [0, 0.05) is 22.9 Å². The van der Waals surface area contributed by atoms with Crippen molar-refractivity contribution in [1.29, 1.82) is 0 Å². The summed E-state index contributed by atoms with van der Waals surface area (Å²) in [5.41, 5.74) is 2.45. The quantitative estimate of drug-likeness (QED) is 0.394. The van der Waals surface area contributed by atoms with Crippen molar-refractivity contribution in [2.45, 2.75) is 42.9 Å². The van der Waals surface area contributed by atoms with Gasteiger partial charge in [-0.05, 0) is 43.2 Å². The Morgan fingerprint density at radius 3 is 2.72 bits per heavy atom. The van der Waals surface area contributed by atoms with Gasteiger partial charge in [-0.1, -0.05) is 12.1 Å². The Morgan fingerprint density at radius 1 is 1.13 bits per heavy atom. The number of sulfone groups is 1. The van der Waals surface area contributed by atoms with Gasteiger partial charge in [0.15, 0.2) is 9.84 Å². The molecule has 4 aromatic rings. The molecule has 0 radical (unpaired) electrons. The summed E-state index contributed by atoms with van der Waals surface area (Å²) >= 11 is 0. The van der Waals surface area contributed by atoms with Crippen LogP contribution in [0.5, 0.6) is 5.75 Å². The molecule has 2 N–H and O–H groups in total. The highest BCUT2D eigenvalue weighted by molar-refractivity contribution is 7.91. The zero-order chi connectivity index (χ0) is 27.1. The number of nitrogens with one attached hydrogen (secondary N) is 1. The van der Waals surface area contributed by atoms with Crippen LogP contribution in [0.3, 0.4) is 0 Å². The molecule has 3 aliphatic heterocycles. The fourth-order valence-electron chi connectivity index (χ4n) is 6.06. The number of imidazole rings is 1. The highest BCUT2D eigenvalue weighted by Gasteiger charge is 2.44. The molecule has 200 valence electrons. The number of amides is 1. The first-order chi connectivity index (χ1) is 18.7. The molecule has 3 aliphatic rings. The second kappa shape index (κ2) is 8.52. The lowest BCUT2D eigenvalue weighted by Crippen LogP contribution is -2.28. The van der Waals surface area contributed by atoms with Crippen molar-refractivity contribution in [3.8, 4) is 17.0 Å². The summed E-state index contributed by atoms with van der Waals surface area (Å²) in [6.07, 6.45) is 0.582. The number of para-hydroxylation sites is 2. The fourth-order valence-corrected chi connectivity index (χ4v) is 7.94. The summed E-state index contributed by atoms with van der Waals surface area (Å²) < 4.78 is 59.4. The molecular formula is C26H21F2N5O5S. The van der Waals surface area contributed by atoms with Crippen LogP contribution in [-0.4, -0.2) is 57.4 Å². The Labute approximate surface area is 220 Å². The Kier molecular flexibility index (Phi) is 5.26. The van der Waals surface area contributed by atoms with Crippen molar-refractivity contribution in [2.75, 3.05) is 5.75 Å². The monoisotopic (exact) mass is 553 g/mol. The van der Waals surface area contributed by atoms with E-state index < -0.39 is 45.8 Å². The van der Waals surface area contributed by atoms with E-state index in [9.17, 15) is 27.1 Å². The first kappa shape index (κ1) is 24.1. The van der Waals surface area contributed by atoms with E-state index in [1.165, 1.54) is 24.4 Å². The van der Waals surface area contributed by atoms with Crippen molar-refractivity contribution < 1.29 is 31.8 Å². The number of carbonyl (C=O) groups is 1. The number of hydrogen-bond acceptors (Lipinski definition) is 8. The summed E-state index contributed by atoms with van der Waals surface area (Å²) in [6.45, 7) is -3.17. The topological polar surface area (TPSA) is 136 Å². The van der Waals surface area contributed by atoms with Crippen LogP contribution in [0.15, 0.2) is 48.7 Å². The van der Waals surface area contributed by atoms with Gasteiger partial charge < -0.3 is 19.7 Å². The summed E-state index contributed by atoms with van der Waals surface area (Å²) in [7, 11) is -3.72. The van der Waals surface area contributed by atoms with Gasteiger partial charge in [-0.25, -0.2) is 23.4 Å². The molecule has 1 saturated heterocycles. The average Bonchev–Trinajstić information content (AvgIpc) is 3.49. The van der Waals surface area contributed by atoms with E-state index in [2.05, 4.69) is 15.3 Å². The van der Waals surface area contributed by atoms with Crippen LogP contribution in [0, 0.1) is 0 Å². The molecule has 1 amide bonds. The lowest BCUT2D eigenvalue weighted by Gasteiger charge is -2.24. The number of carbonyl (C=O) groups excluding carboxylic acids is 1. The van der Waals surface area contributed by atoms with E-state index >= 15 is 0 Å². The molecule has 5 heterocycles. The van der Waals surface area contributed by atoms with Crippen molar-refractivity contribution >= 4 is 26.8 Å². The van der Waals surface area contributed by atoms with Crippen molar-refractivity contribution in [3.05, 3.63) is 71.4 Å². The lowest BCUT2D eigenvalue weighted by molar-refractivity contribution is -0.0495. The Hall–Kier alpha value is -3.97. The molecule has 4 atom stereocenters. The molecule has 0 spiro atoms. The molecule has 10 nitrogen and oxygen atoms in total. The molecule has 2 bridgehead atoms. The number of alkyl halides is 2. The molecule has 0 aliphatic carbocycles. The van der Waals surface area contributed by atoms with E-state index in [0.29, 0.717) is 17.8 Å². The third kappa shape index (κ3) is 3.63. The van der Waals surface area contributed by atoms with Crippen LogP contribution >= 0.6 is 0 Å².